The number of amides is 1. The van der Waals surface area contributed by atoms with E-state index in [4.69, 9.17) is 10.00 Å². The van der Waals surface area contributed by atoms with E-state index in [9.17, 15) is 14.7 Å². The number of aromatic carboxylic acids is 1. The highest BCUT2D eigenvalue weighted by Gasteiger charge is 2.34. The van der Waals surface area contributed by atoms with Crippen LogP contribution in [0.25, 0.3) is 11.1 Å². The Morgan fingerprint density at radius 3 is 2.48 bits per heavy atom. The lowest BCUT2D eigenvalue weighted by Crippen LogP contribution is -2.22. The maximum atomic E-state index is 12.5. The van der Waals surface area contributed by atoms with Gasteiger partial charge in [0.2, 0.25) is 5.91 Å². The number of nitrogens with one attached hydrogen (secondary N) is 1. The van der Waals surface area contributed by atoms with Crippen LogP contribution in [0.4, 0.5) is 5.69 Å². The molecule has 0 radical (unpaired) electrons. The Labute approximate surface area is 171 Å². The van der Waals surface area contributed by atoms with E-state index in [2.05, 4.69) is 11.4 Å². The number of carboxylic acid groups (broad SMARTS) is 1. The molecule has 0 saturated heterocycles. The molecule has 7 heteroatoms. The minimum atomic E-state index is -1.04. The summed E-state index contributed by atoms with van der Waals surface area (Å²) in [4.78, 5) is 25.4. The quantitative estimate of drug-likeness (QED) is 0.668. The van der Waals surface area contributed by atoms with Crippen molar-refractivity contribution >= 4 is 28.9 Å². The van der Waals surface area contributed by atoms with Crippen molar-refractivity contribution in [2.75, 3.05) is 12.4 Å². The van der Waals surface area contributed by atoms with E-state index in [0.29, 0.717) is 28.1 Å². The van der Waals surface area contributed by atoms with E-state index in [1.54, 1.807) is 43.5 Å². The fraction of sp³-hybridized carbons (Fsp3) is 0.136. The third-order valence-electron chi connectivity index (χ3n) is 4.92. The molecule has 2 N–H and O–H groups in total. The van der Waals surface area contributed by atoms with Crippen LogP contribution < -0.4 is 10.1 Å². The minimum Gasteiger partial charge on any atom is -0.497 e. The number of nitrogens with zero attached hydrogens (tertiary/aromatic N) is 1. The Balaban J connectivity index is 1.88. The van der Waals surface area contributed by atoms with Crippen molar-refractivity contribution in [1.29, 1.82) is 5.26 Å². The van der Waals surface area contributed by atoms with Gasteiger partial charge in [0.1, 0.15) is 10.6 Å². The van der Waals surface area contributed by atoms with Gasteiger partial charge in [-0.2, -0.15) is 5.26 Å². The van der Waals surface area contributed by atoms with Crippen molar-refractivity contribution in [3.05, 3.63) is 69.4 Å². The predicted octanol–water partition coefficient (Wildman–Crippen LogP) is 4.47. The van der Waals surface area contributed by atoms with Gasteiger partial charge in [0.05, 0.1) is 24.4 Å². The molecule has 0 aliphatic carbocycles. The van der Waals surface area contributed by atoms with Crippen molar-refractivity contribution in [3.63, 3.8) is 0 Å². The molecule has 0 fully saturated rings. The fourth-order valence-corrected chi connectivity index (χ4v) is 4.78. The van der Waals surface area contributed by atoms with Gasteiger partial charge in [0.25, 0.3) is 0 Å². The van der Waals surface area contributed by atoms with Crippen molar-refractivity contribution in [1.82, 2.24) is 0 Å². The summed E-state index contributed by atoms with van der Waals surface area (Å²) < 4.78 is 5.18. The molecule has 0 saturated carbocycles. The maximum absolute atomic E-state index is 12.5. The molecule has 0 bridgehead atoms. The van der Waals surface area contributed by atoms with Crippen LogP contribution in [0.3, 0.4) is 0 Å². The molecule has 2 heterocycles. The number of carbonyl (C=O) groups excluding carboxylic acids is 1. The molecule has 1 aliphatic heterocycles. The maximum Gasteiger partial charge on any atom is 0.346 e. The highest BCUT2D eigenvalue weighted by Crippen LogP contribution is 2.49. The first-order chi connectivity index (χ1) is 14.0. The number of anilines is 1. The molecule has 29 heavy (non-hydrogen) atoms. The summed E-state index contributed by atoms with van der Waals surface area (Å²) >= 11 is 1.18. The summed E-state index contributed by atoms with van der Waals surface area (Å²) in [6.07, 6.45) is 0.223. The normalized spacial score (nSPS) is 15.2. The number of fused-ring (bicyclic) bond motifs is 1. The Morgan fingerprint density at radius 1 is 1.21 bits per heavy atom. The van der Waals surface area contributed by atoms with Gasteiger partial charge in [0.15, 0.2) is 0 Å². The van der Waals surface area contributed by atoms with Crippen molar-refractivity contribution in [3.8, 4) is 22.9 Å². The number of carboxylic acids is 1. The van der Waals surface area contributed by atoms with E-state index in [0.717, 1.165) is 10.4 Å². The lowest BCUT2D eigenvalue weighted by Gasteiger charge is -2.24. The van der Waals surface area contributed by atoms with Gasteiger partial charge in [-0.3, -0.25) is 4.79 Å². The second kappa shape index (κ2) is 7.41. The first kappa shape index (κ1) is 18.7. The van der Waals surface area contributed by atoms with Crippen LogP contribution >= 0.6 is 11.3 Å². The van der Waals surface area contributed by atoms with Crippen LogP contribution in [0.15, 0.2) is 48.5 Å². The van der Waals surface area contributed by atoms with E-state index in [-0.39, 0.29) is 23.1 Å². The summed E-state index contributed by atoms with van der Waals surface area (Å²) in [6.45, 7) is 0. The Bertz CT molecular complexity index is 1140. The first-order valence-corrected chi connectivity index (χ1v) is 9.67. The van der Waals surface area contributed by atoms with Crippen LogP contribution in [0, 0.1) is 11.3 Å². The average Bonchev–Trinajstić information content (AvgIpc) is 3.13. The molecule has 1 atom stereocenters. The predicted molar refractivity (Wildman–Crippen MR) is 110 cm³/mol. The molecule has 3 aromatic rings. The third-order valence-corrected chi connectivity index (χ3v) is 6.21. The van der Waals surface area contributed by atoms with Gasteiger partial charge in [-0.1, -0.05) is 24.3 Å². The van der Waals surface area contributed by atoms with Gasteiger partial charge in [-0.05, 0) is 35.4 Å². The molecular weight excluding hydrogens is 388 g/mol. The number of nitriles is 1. The van der Waals surface area contributed by atoms with Crippen molar-refractivity contribution in [2.45, 2.75) is 12.3 Å². The summed E-state index contributed by atoms with van der Waals surface area (Å²) in [7, 11) is 1.56. The lowest BCUT2D eigenvalue weighted by atomic mass is 9.88. The van der Waals surface area contributed by atoms with Gasteiger partial charge < -0.3 is 15.2 Å². The number of rotatable bonds is 4. The molecule has 0 unspecified atom stereocenters. The van der Waals surface area contributed by atoms with E-state index in [1.807, 2.05) is 12.1 Å². The van der Waals surface area contributed by atoms with Gasteiger partial charge in [-0.15, -0.1) is 11.3 Å². The lowest BCUT2D eigenvalue weighted by molar-refractivity contribution is -0.116. The monoisotopic (exact) mass is 404 g/mol. The van der Waals surface area contributed by atoms with Gasteiger partial charge >= 0.3 is 5.97 Å². The number of hydrogen-bond acceptors (Lipinski definition) is 5. The van der Waals surface area contributed by atoms with Crippen LogP contribution in [0.1, 0.15) is 38.0 Å². The molecule has 4 rings (SSSR count). The highest BCUT2D eigenvalue weighted by atomic mass is 32.1. The zero-order valence-electron chi connectivity index (χ0n) is 15.4. The molecule has 1 aromatic heterocycles. The number of carbonyl (C=O) groups is 2. The number of hydrogen-bond donors (Lipinski definition) is 2. The van der Waals surface area contributed by atoms with Crippen LogP contribution in [0.5, 0.6) is 5.75 Å². The average molecular weight is 404 g/mol. The Morgan fingerprint density at radius 2 is 1.90 bits per heavy atom. The molecule has 1 amide bonds. The summed E-state index contributed by atoms with van der Waals surface area (Å²) in [5.74, 6) is -0.810. The van der Waals surface area contributed by atoms with Crippen LogP contribution in [0.2, 0.25) is 0 Å². The summed E-state index contributed by atoms with van der Waals surface area (Å²) in [6, 6.07) is 16.2. The smallest absolute Gasteiger partial charge is 0.346 e. The summed E-state index contributed by atoms with van der Waals surface area (Å²) in [5.41, 5.74) is 3.15. The zero-order valence-corrected chi connectivity index (χ0v) is 16.2. The SMILES string of the molecule is COc1ccc(-c2c(C(=O)O)sc3c2NC(=O)C[C@@H]3c2ccc(C#N)cc2)cc1. The van der Waals surface area contributed by atoms with Crippen molar-refractivity contribution in [2.24, 2.45) is 0 Å². The Kier molecular flexibility index (Phi) is 4.79. The molecule has 1 aliphatic rings. The topological polar surface area (TPSA) is 99.4 Å². The number of methoxy groups -OCH3 is 1. The molecule has 144 valence electrons. The third kappa shape index (κ3) is 3.35. The molecular formula is C22H16N2O4S. The standard InChI is InChI=1S/C22H16N2O4S/c1-28-15-8-6-14(7-9-15)18-19-20(29-21(18)22(26)27)16(10-17(25)24-19)13-4-2-12(11-23)3-5-13/h2-9,16H,10H2,1H3,(H,24,25)(H,26,27)/t16-/m1/s1. The fourth-order valence-electron chi connectivity index (χ4n) is 3.53. The minimum absolute atomic E-state index is 0.170. The zero-order chi connectivity index (χ0) is 20.5. The second-order valence-electron chi connectivity index (χ2n) is 6.62. The first-order valence-electron chi connectivity index (χ1n) is 8.86. The Hall–Kier alpha value is -3.63. The van der Waals surface area contributed by atoms with E-state index < -0.39 is 5.97 Å². The molecule has 6 nitrogen and oxygen atoms in total. The largest absolute Gasteiger partial charge is 0.497 e. The number of benzene rings is 2. The van der Waals surface area contributed by atoms with E-state index >= 15 is 0 Å². The summed E-state index contributed by atoms with van der Waals surface area (Å²) in [5, 5.41) is 21.7. The molecule has 2 aromatic carbocycles. The highest BCUT2D eigenvalue weighted by molar-refractivity contribution is 7.15. The second-order valence-corrected chi connectivity index (χ2v) is 7.67. The van der Waals surface area contributed by atoms with Crippen molar-refractivity contribution < 1.29 is 19.4 Å². The van der Waals surface area contributed by atoms with Gasteiger partial charge in [-0.25, -0.2) is 4.79 Å². The van der Waals surface area contributed by atoms with Crippen LogP contribution in [-0.4, -0.2) is 24.1 Å². The van der Waals surface area contributed by atoms with Crippen LogP contribution in [-0.2, 0) is 4.79 Å². The number of ether oxygens (including phenoxy) is 1. The molecule has 0 spiro atoms. The van der Waals surface area contributed by atoms with E-state index in [1.165, 1.54) is 11.3 Å². The number of thiophene rings is 1. The van der Waals surface area contributed by atoms with Gasteiger partial charge in [0, 0.05) is 22.8 Å².